The van der Waals surface area contributed by atoms with Gasteiger partial charge in [-0.05, 0) is 55.5 Å². The van der Waals surface area contributed by atoms with Crippen LogP contribution in [0.15, 0.2) is 124 Å². The fourth-order valence-corrected chi connectivity index (χ4v) is 5.14. The quantitative estimate of drug-likeness (QED) is 0.0953. The van der Waals surface area contributed by atoms with Crippen LogP contribution in [0.4, 0.5) is 11.4 Å². The van der Waals surface area contributed by atoms with Gasteiger partial charge in [-0.15, -0.1) is 11.8 Å². The summed E-state index contributed by atoms with van der Waals surface area (Å²) in [6.07, 6.45) is 1.49. The van der Waals surface area contributed by atoms with E-state index in [1.807, 2.05) is 43.3 Å². The molecule has 5 rings (SSSR count). The average Bonchev–Trinajstić information content (AvgIpc) is 3.56. The molecule has 0 spiro atoms. The van der Waals surface area contributed by atoms with Crippen molar-refractivity contribution < 1.29 is 28.3 Å². The third kappa shape index (κ3) is 9.15. The normalized spacial score (nSPS) is 11.0. The molecule has 3 amide bonds. The summed E-state index contributed by atoms with van der Waals surface area (Å²) in [4.78, 5) is 39.9. The van der Waals surface area contributed by atoms with Crippen LogP contribution in [0, 0.1) is 6.92 Å². The molecule has 238 valence electrons. The Morgan fingerprint density at radius 2 is 1.45 bits per heavy atom. The largest absolute Gasteiger partial charge is 0.497 e. The molecule has 0 saturated carbocycles. The highest BCUT2D eigenvalue weighted by Crippen LogP contribution is 2.27. The molecule has 0 aliphatic heterocycles. The van der Waals surface area contributed by atoms with Gasteiger partial charge in [-0.2, -0.15) is 0 Å². The van der Waals surface area contributed by atoms with Crippen molar-refractivity contribution in [3.8, 4) is 22.8 Å². The van der Waals surface area contributed by atoms with Gasteiger partial charge in [-0.1, -0.05) is 48.0 Å². The summed E-state index contributed by atoms with van der Waals surface area (Å²) in [5.74, 6) is 1.17. The number of carbonyl (C=O) groups is 3. The fraction of sp³-hybridized carbons (Fsp3) is 0.108. The molecule has 47 heavy (non-hydrogen) atoms. The lowest BCUT2D eigenvalue weighted by molar-refractivity contribution is -0.114. The Labute approximate surface area is 277 Å². The number of amides is 3. The van der Waals surface area contributed by atoms with Gasteiger partial charge in [0.15, 0.2) is 0 Å². The first-order valence-corrected chi connectivity index (χ1v) is 15.6. The molecular formula is C37H33N3O6S. The molecule has 3 N–H and O–H groups in total. The predicted molar refractivity (Wildman–Crippen MR) is 185 cm³/mol. The van der Waals surface area contributed by atoms with Crippen molar-refractivity contribution >= 4 is 46.9 Å². The van der Waals surface area contributed by atoms with Gasteiger partial charge in [0.05, 0.1) is 20.0 Å². The first-order valence-electron chi connectivity index (χ1n) is 14.6. The van der Waals surface area contributed by atoms with Crippen LogP contribution in [0.1, 0.15) is 21.7 Å². The Balaban J connectivity index is 1.25. The van der Waals surface area contributed by atoms with Crippen molar-refractivity contribution in [2.24, 2.45) is 0 Å². The number of furan rings is 1. The van der Waals surface area contributed by atoms with E-state index in [0.717, 1.165) is 16.0 Å². The molecule has 0 bridgehead atoms. The van der Waals surface area contributed by atoms with Crippen LogP contribution in [0.2, 0.25) is 0 Å². The highest BCUT2D eigenvalue weighted by atomic mass is 32.2. The molecule has 1 heterocycles. The molecule has 0 saturated heterocycles. The molecule has 0 fully saturated rings. The lowest BCUT2D eigenvalue weighted by atomic mass is 10.1. The topological polar surface area (TPSA) is 119 Å². The van der Waals surface area contributed by atoms with Crippen LogP contribution in [0.3, 0.4) is 0 Å². The number of hydrogen-bond acceptors (Lipinski definition) is 7. The van der Waals surface area contributed by atoms with Crippen molar-refractivity contribution in [3.63, 3.8) is 0 Å². The summed E-state index contributed by atoms with van der Waals surface area (Å²) >= 11 is 1.34. The van der Waals surface area contributed by atoms with E-state index >= 15 is 0 Å². The maximum atomic E-state index is 13.5. The maximum absolute atomic E-state index is 13.5. The molecule has 1 aromatic heterocycles. The van der Waals surface area contributed by atoms with Gasteiger partial charge < -0.3 is 29.8 Å². The van der Waals surface area contributed by atoms with E-state index in [4.69, 9.17) is 13.9 Å². The molecule has 0 atom stereocenters. The van der Waals surface area contributed by atoms with Gasteiger partial charge in [-0.3, -0.25) is 14.4 Å². The number of nitrogens with one attached hydrogen (secondary N) is 3. The Morgan fingerprint density at radius 3 is 2.11 bits per heavy atom. The minimum Gasteiger partial charge on any atom is -0.497 e. The number of rotatable bonds is 12. The smallest absolute Gasteiger partial charge is 0.272 e. The van der Waals surface area contributed by atoms with Crippen LogP contribution in [0.5, 0.6) is 11.5 Å². The summed E-state index contributed by atoms with van der Waals surface area (Å²) in [5.41, 5.74) is 3.51. The predicted octanol–water partition coefficient (Wildman–Crippen LogP) is 7.41. The van der Waals surface area contributed by atoms with Crippen molar-refractivity contribution in [1.82, 2.24) is 5.32 Å². The molecule has 4 aromatic carbocycles. The van der Waals surface area contributed by atoms with E-state index in [0.29, 0.717) is 40.0 Å². The lowest BCUT2D eigenvalue weighted by Crippen LogP contribution is -2.30. The Kier molecular flexibility index (Phi) is 10.8. The summed E-state index contributed by atoms with van der Waals surface area (Å²) in [6, 6.07) is 32.3. The van der Waals surface area contributed by atoms with E-state index in [1.54, 1.807) is 87.0 Å². The molecule has 10 heteroatoms. The van der Waals surface area contributed by atoms with Gasteiger partial charge in [-0.25, -0.2) is 0 Å². The number of thioether (sulfide) groups is 1. The second kappa shape index (κ2) is 15.5. The van der Waals surface area contributed by atoms with Crippen molar-refractivity contribution in [1.29, 1.82) is 0 Å². The zero-order chi connectivity index (χ0) is 33.2. The number of anilines is 2. The number of methoxy groups -OCH3 is 2. The zero-order valence-electron chi connectivity index (χ0n) is 26.0. The molecule has 0 radical (unpaired) electrons. The molecule has 9 nitrogen and oxygen atoms in total. The fourth-order valence-electron chi connectivity index (χ4n) is 4.45. The third-order valence-corrected chi connectivity index (χ3v) is 7.91. The summed E-state index contributed by atoms with van der Waals surface area (Å²) < 4.78 is 16.5. The highest BCUT2D eigenvalue weighted by Gasteiger charge is 2.17. The number of hydrogen-bond donors (Lipinski definition) is 3. The van der Waals surface area contributed by atoms with Crippen molar-refractivity contribution in [3.05, 3.63) is 132 Å². The van der Waals surface area contributed by atoms with E-state index in [-0.39, 0.29) is 17.4 Å². The monoisotopic (exact) mass is 647 g/mol. The van der Waals surface area contributed by atoms with Gasteiger partial charge >= 0.3 is 0 Å². The number of aryl methyl sites for hydroxylation is 1. The summed E-state index contributed by atoms with van der Waals surface area (Å²) in [5, 5.41) is 8.40. The minimum absolute atomic E-state index is 0.00737. The van der Waals surface area contributed by atoms with Gasteiger partial charge in [0.1, 0.15) is 28.7 Å². The third-order valence-electron chi connectivity index (χ3n) is 6.90. The second-order valence-corrected chi connectivity index (χ2v) is 11.4. The van der Waals surface area contributed by atoms with Crippen molar-refractivity contribution in [2.45, 2.75) is 11.8 Å². The van der Waals surface area contributed by atoms with Crippen LogP contribution in [0.25, 0.3) is 17.4 Å². The van der Waals surface area contributed by atoms with E-state index in [1.165, 1.54) is 17.8 Å². The molecule has 5 aromatic rings. The van der Waals surface area contributed by atoms with Gasteiger partial charge in [0, 0.05) is 51.7 Å². The average molecular weight is 648 g/mol. The minimum atomic E-state index is -0.531. The maximum Gasteiger partial charge on any atom is 0.272 e. The van der Waals surface area contributed by atoms with Crippen LogP contribution in [-0.4, -0.2) is 37.7 Å². The number of benzene rings is 4. The first kappa shape index (κ1) is 32.6. The number of ether oxygens (including phenoxy) is 2. The van der Waals surface area contributed by atoms with E-state index < -0.39 is 11.8 Å². The highest BCUT2D eigenvalue weighted by molar-refractivity contribution is 8.00. The van der Waals surface area contributed by atoms with E-state index in [2.05, 4.69) is 16.0 Å². The Morgan fingerprint density at radius 1 is 0.766 bits per heavy atom. The summed E-state index contributed by atoms with van der Waals surface area (Å²) in [7, 11) is 3.09. The summed E-state index contributed by atoms with van der Waals surface area (Å²) in [6.45, 7) is 2.01. The molecular weight excluding hydrogens is 614 g/mol. The first-order chi connectivity index (χ1) is 22.8. The standard InChI is InChI=1S/C37H33N3O6S/c1-24-9-11-25(12-10-24)34-18-15-29(46-34)22-33(40-36(42)26-7-5-4-6-8-26)37(43)39-27-13-16-32(17-14-27)47-23-35(41)38-28-19-30(44-2)21-31(20-28)45-3/h4-22H,23H2,1-3H3,(H,38,41)(H,39,43)(H,40,42). The molecule has 0 aliphatic carbocycles. The Bertz CT molecular complexity index is 1860. The lowest BCUT2D eigenvalue weighted by Gasteiger charge is -2.12. The van der Waals surface area contributed by atoms with Crippen LogP contribution < -0.4 is 25.4 Å². The van der Waals surface area contributed by atoms with E-state index in [9.17, 15) is 14.4 Å². The zero-order valence-corrected chi connectivity index (χ0v) is 26.9. The van der Waals surface area contributed by atoms with Crippen LogP contribution in [-0.2, 0) is 9.59 Å². The molecule has 0 unspecified atom stereocenters. The van der Waals surface area contributed by atoms with Gasteiger partial charge in [0.25, 0.3) is 11.8 Å². The Hall–Kier alpha value is -5.74. The van der Waals surface area contributed by atoms with Crippen LogP contribution >= 0.6 is 11.8 Å². The van der Waals surface area contributed by atoms with Crippen molar-refractivity contribution in [2.75, 3.05) is 30.6 Å². The second-order valence-electron chi connectivity index (χ2n) is 10.4. The molecule has 0 aliphatic rings. The number of carbonyl (C=O) groups excluding carboxylic acids is 3. The SMILES string of the molecule is COc1cc(NC(=O)CSc2ccc(NC(=O)C(=Cc3ccc(-c4ccc(C)cc4)o3)NC(=O)c3ccccc3)cc2)cc(OC)c1. The van der Waals surface area contributed by atoms with Gasteiger partial charge in [0.2, 0.25) is 5.91 Å².